The average molecular weight is 366 g/mol. The molecule has 26 heavy (non-hydrogen) atoms. The van der Waals surface area contributed by atoms with Gasteiger partial charge < -0.3 is 19.7 Å². The zero-order valence-corrected chi connectivity index (χ0v) is 16.1. The Balaban J connectivity index is 1.29. The van der Waals surface area contributed by atoms with E-state index in [1.54, 1.807) is 0 Å². The van der Waals surface area contributed by atoms with Gasteiger partial charge in [-0.05, 0) is 49.9 Å². The number of nitrogens with one attached hydrogen (secondary N) is 1. The van der Waals surface area contributed by atoms with E-state index in [1.807, 2.05) is 0 Å². The van der Waals surface area contributed by atoms with Crippen LogP contribution in [0.3, 0.4) is 0 Å². The van der Waals surface area contributed by atoms with Gasteiger partial charge in [-0.25, -0.2) is 4.79 Å². The number of carbonyl (C=O) groups excluding carboxylic acids is 1. The molecule has 0 aromatic rings. The van der Waals surface area contributed by atoms with Crippen molar-refractivity contribution in [3.8, 4) is 0 Å². The zero-order valence-electron chi connectivity index (χ0n) is 16.1. The van der Waals surface area contributed by atoms with Crippen LogP contribution >= 0.6 is 0 Å². The fourth-order valence-electron chi connectivity index (χ4n) is 5.53. The molecule has 1 unspecified atom stereocenters. The second-order valence-corrected chi connectivity index (χ2v) is 8.74. The van der Waals surface area contributed by atoms with E-state index >= 15 is 0 Å². The molecule has 4 aliphatic rings. The lowest BCUT2D eigenvalue weighted by atomic mass is 9.75. The van der Waals surface area contributed by atoms with Gasteiger partial charge in [0.2, 0.25) is 0 Å². The largest absolute Gasteiger partial charge is 0.381 e. The molecule has 4 fully saturated rings. The van der Waals surface area contributed by atoms with Crippen molar-refractivity contribution in [1.29, 1.82) is 0 Å². The van der Waals surface area contributed by atoms with Crippen LogP contribution in [0.5, 0.6) is 0 Å². The zero-order chi connectivity index (χ0) is 17.8. The van der Waals surface area contributed by atoms with E-state index in [1.165, 1.54) is 19.3 Å². The molecule has 1 N–H and O–H groups in total. The van der Waals surface area contributed by atoms with Crippen LogP contribution in [0.2, 0.25) is 0 Å². The van der Waals surface area contributed by atoms with E-state index in [-0.39, 0.29) is 6.03 Å². The molecule has 3 aliphatic heterocycles. The second kappa shape index (κ2) is 8.44. The van der Waals surface area contributed by atoms with Crippen molar-refractivity contribution in [2.75, 3.05) is 59.2 Å². The lowest BCUT2D eigenvalue weighted by Crippen LogP contribution is -2.54. The summed E-state index contributed by atoms with van der Waals surface area (Å²) in [5.41, 5.74) is 0.302. The van der Waals surface area contributed by atoms with Gasteiger partial charge in [0.1, 0.15) is 0 Å². The fourth-order valence-corrected chi connectivity index (χ4v) is 5.53. The van der Waals surface area contributed by atoms with E-state index in [9.17, 15) is 4.79 Å². The van der Waals surface area contributed by atoms with E-state index in [0.29, 0.717) is 17.4 Å². The Kier molecular flexibility index (Phi) is 6.01. The van der Waals surface area contributed by atoms with E-state index in [2.05, 4.69) is 15.1 Å². The van der Waals surface area contributed by atoms with E-state index in [0.717, 1.165) is 84.8 Å². The highest BCUT2D eigenvalue weighted by Crippen LogP contribution is 2.46. The average Bonchev–Trinajstić information content (AvgIpc) is 3.05. The minimum atomic E-state index is 0.175. The Bertz CT molecular complexity index is 475. The number of urea groups is 1. The molecular weight excluding hydrogens is 330 g/mol. The van der Waals surface area contributed by atoms with Gasteiger partial charge in [0.05, 0.1) is 13.2 Å². The first kappa shape index (κ1) is 18.5. The summed E-state index contributed by atoms with van der Waals surface area (Å²) in [6.07, 6.45) is 8.22. The van der Waals surface area contributed by atoms with Crippen LogP contribution in [0.4, 0.5) is 4.79 Å². The van der Waals surface area contributed by atoms with Crippen molar-refractivity contribution >= 4 is 6.03 Å². The topological polar surface area (TPSA) is 54.0 Å². The molecule has 1 aliphatic carbocycles. The summed E-state index contributed by atoms with van der Waals surface area (Å²) in [5, 5.41) is 3.43. The molecule has 2 atom stereocenters. The summed E-state index contributed by atoms with van der Waals surface area (Å²) in [6.45, 7) is 8.42. The maximum Gasteiger partial charge on any atom is 0.317 e. The number of amides is 2. The van der Waals surface area contributed by atoms with Crippen LogP contribution in [0.15, 0.2) is 0 Å². The summed E-state index contributed by atoms with van der Waals surface area (Å²) < 4.78 is 11.0. The second-order valence-electron chi connectivity index (χ2n) is 8.74. The summed E-state index contributed by atoms with van der Waals surface area (Å²) in [5.74, 6) is 0.605. The summed E-state index contributed by atoms with van der Waals surface area (Å²) in [4.78, 5) is 17.6. The lowest BCUT2D eigenvalue weighted by molar-refractivity contribution is 0.00471. The van der Waals surface area contributed by atoms with Crippen molar-refractivity contribution in [3.63, 3.8) is 0 Å². The van der Waals surface area contributed by atoms with Crippen molar-refractivity contribution in [3.05, 3.63) is 0 Å². The fraction of sp³-hybridized carbons (Fsp3) is 0.950. The third kappa shape index (κ3) is 4.18. The number of nitrogens with zero attached hydrogens (tertiary/aromatic N) is 2. The van der Waals surface area contributed by atoms with Gasteiger partial charge in [-0.15, -0.1) is 0 Å². The maximum absolute atomic E-state index is 13.0. The number of hydrogen-bond donors (Lipinski definition) is 1. The number of rotatable bonds is 3. The molecular formula is C20H35N3O3. The van der Waals surface area contributed by atoms with Crippen LogP contribution in [-0.4, -0.2) is 81.0 Å². The van der Waals surface area contributed by atoms with Gasteiger partial charge in [-0.2, -0.15) is 0 Å². The Morgan fingerprint density at radius 1 is 0.962 bits per heavy atom. The van der Waals surface area contributed by atoms with E-state index in [4.69, 9.17) is 9.47 Å². The van der Waals surface area contributed by atoms with E-state index < -0.39 is 0 Å². The molecule has 0 bridgehead atoms. The van der Waals surface area contributed by atoms with Gasteiger partial charge in [-0.1, -0.05) is 6.42 Å². The number of ether oxygens (including phenoxy) is 2. The first-order valence-corrected chi connectivity index (χ1v) is 10.7. The van der Waals surface area contributed by atoms with Gasteiger partial charge >= 0.3 is 6.03 Å². The first-order valence-electron chi connectivity index (χ1n) is 10.7. The molecule has 0 aromatic heterocycles. The number of hydrogen-bond acceptors (Lipinski definition) is 4. The number of carbonyl (C=O) groups is 1. The predicted molar refractivity (Wildman–Crippen MR) is 100 cm³/mol. The number of morpholine rings is 1. The molecule has 6 nitrogen and oxygen atoms in total. The highest BCUT2D eigenvalue weighted by atomic mass is 16.5. The summed E-state index contributed by atoms with van der Waals surface area (Å²) in [7, 11) is 0. The van der Waals surface area contributed by atoms with Gasteiger partial charge in [0.25, 0.3) is 0 Å². The molecule has 148 valence electrons. The van der Waals surface area contributed by atoms with Crippen molar-refractivity contribution in [2.45, 2.75) is 51.0 Å². The Morgan fingerprint density at radius 3 is 2.54 bits per heavy atom. The van der Waals surface area contributed by atoms with Crippen LogP contribution in [-0.2, 0) is 9.47 Å². The summed E-state index contributed by atoms with van der Waals surface area (Å²) in [6, 6.07) is 0.521. The van der Waals surface area contributed by atoms with Gasteiger partial charge in [0, 0.05) is 52.0 Å². The van der Waals surface area contributed by atoms with Crippen molar-refractivity contribution < 1.29 is 14.3 Å². The third-order valence-electron chi connectivity index (χ3n) is 7.12. The summed E-state index contributed by atoms with van der Waals surface area (Å²) >= 11 is 0. The lowest BCUT2D eigenvalue weighted by Gasteiger charge is -2.41. The van der Waals surface area contributed by atoms with Crippen molar-refractivity contribution in [2.24, 2.45) is 11.3 Å². The molecule has 3 heterocycles. The predicted octanol–water partition coefficient (Wildman–Crippen LogP) is 2.09. The maximum atomic E-state index is 13.0. The third-order valence-corrected chi connectivity index (χ3v) is 7.12. The minimum absolute atomic E-state index is 0.175. The molecule has 6 heteroatoms. The Morgan fingerprint density at radius 2 is 1.73 bits per heavy atom. The number of piperidine rings is 1. The van der Waals surface area contributed by atoms with Crippen LogP contribution in [0.1, 0.15) is 44.9 Å². The molecule has 1 spiro atoms. The SMILES string of the molecule is O=C(NC1CCCC12CCOCC2)N1CCC[C@@H](CN2CCOCC2)C1. The van der Waals surface area contributed by atoms with Crippen LogP contribution in [0, 0.1) is 11.3 Å². The highest BCUT2D eigenvalue weighted by Gasteiger charge is 2.45. The van der Waals surface area contributed by atoms with Crippen molar-refractivity contribution in [1.82, 2.24) is 15.1 Å². The molecule has 1 saturated carbocycles. The standard InChI is InChI=1S/C20H35N3O3/c24-19(21-18-4-1-5-20(18)6-11-25-12-7-20)23-8-2-3-17(16-23)15-22-9-13-26-14-10-22/h17-18H,1-16H2,(H,21,24)/t17-,18?/m0/s1. The Labute approximate surface area is 157 Å². The van der Waals surface area contributed by atoms with Gasteiger partial charge in [-0.3, -0.25) is 4.90 Å². The Hall–Kier alpha value is -0.850. The molecule has 0 radical (unpaired) electrons. The minimum Gasteiger partial charge on any atom is -0.381 e. The normalized spacial score (nSPS) is 32.7. The molecule has 4 rings (SSSR count). The first-order chi connectivity index (χ1) is 12.8. The smallest absolute Gasteiger partial charge is 0.317 e. The van der Waals surface area contributed by atoms with Crippen LogP contribution in [0.25, 0.3) is 0 Å². The quantitative estimate of drug-likeness (QED) is 0.832. The monoisotopic (exact) mass is 365 g/mol. The highest BCUT2D eigenvalue weighted by molar-refractivity contribution is 5.74. The molecule has 3 saturated heterocycles. The van der Waals surface area contributed by atoms with Crippen LogP contribution < -0.4 is 5.32 Å². The molecule has 0 aromatic carbocycles. The molecule has 2 amide bonds. The number of likely N-dealkylation sites (tertiary alicyclic amines) is 1. The van der Waals surface area contributed by atoms with Gasteiger partial charge in [0.15, 0.2) is 0 Å².